The van der Waals surface area contributed by atoms with Crippen LogP contribution in [0.4, 0.5) is 11.5 Å². The van der Waals surface area contributed by atoms with Crippen molar-refractivity contribution in [1.82, 2.24) is 4.98 Å². The van der Waals surface area contributed by atoms with Crippen LogP contribution in [0.5, 0.6) is 0 Å². The molecule has 2 heterocycles. The van der Waals surface area contributed by atoms with E-state index in [4.69, 9.17) is 11.6 Å². The highest BCUT2D eigenvalue weighted by Crippen LogP contribution is 2.33. The van der Waals surface area contributed by atoms with Crippen LogP contribution in [0.15, 0.2) is 6.07 Å². The fraction of sp³-hybridized carbons (Fsp3) is 0.286. The van der Waals surface area contributed by atoms with E-state index >= 15 is 0 Å². The summed E-state index contributed by atoms with van der Waals surface area (Å²) >= 11 is 9.75. The zero-order chi connectivity index (χ0) is 9.42. The van der Waals surface area contributed by atoms with Crippen molar-refractivity contribution in [1.29, 1.82) is 0 Å². The first-order valence-electron chi connectivity index (χ1n) is 3.62. The molecule has 1 atom stereocenters. The fourth-order valence-electron chi connectivity index (χ4n) is 1.11. The molecule has 13 heavy (non-hydrogen) atoms. The van der Waals surface area contributed by atoms with Crippen LogP contribution >= 0.6 is 46.0 Å². The second kappa shape index (κ2) is 3.70. The molecule has 1 aromatic heterocycles. The smallest absolute Gasteiger partial charge is 0.153 e. The monoisotopic (exact) mass is 327 g/mol. The van der Waals surface area contributed by atoms with Crippen molar-refractivity contribution in [2.75, 3.05) is 16.9 Å². The number of hydrogen-bond acceptors (Lipinski definition) is 4. The second-order valence-electron chi connectivity index (χ2n) is 2.56. The van der Waals surface area contributed by atoms with Crippen LogP contribution in [0.2, 0.25) is 5.02 Å². The molecule has 0 aliphatic carbocycles. The highest BCUT2D eigenvalue weighted by atomic mass is 127. The summed E-state index contributed by atoms with van der Waals surface area (Å²) in [5.74, 6) is 0.883. The van der Waals surface area contributed by atoms with Crippen molar-refractivity contribution < 1.29 is 0 Å². The average molecular weight is 328 g/mol. The van der Waals surface area contributed by atoms with Crippen LogP contribution in [0.1, 0.15) is 0 Å². The summed E-state index contributed by atoms with van der Waals surface area (Å²) in [7, 11) is 0. The van der Waals surface area contributed by atoms with Gasteiger partial charge in [0.15, 0.2) is 5.82 Å². The van der Waals surface area contributed by atoms with E-state index in [1.807, 2.05) is 12.3 Å². The Morgan fingerprint density at radius 2 is 2.38 bits per heavy atom. The van der Waals surface area contributed by atoms with E-state index in [9.17, 15) is 0 Å². The summed E-state index contributed by atoms with van der Waals surface area (Å²) < 4.78 is 0.828. The number of thioether (sulfide) groups is 1. The molecule has 70 valence electrons. The lowest BCUT2D eigenvalue weighted by molar-refractivity contribution is 1.19. The van der Waals surface area contributed by atoms with Gasteiger partial charge in [0.05, 0.1) is 10.7 Å². The summed E-state index contributed by atoms with van der Waals surface area (Å²) in [5, 5.41) is 7.17. The molecule has 3 nitrogen and oxygen atoms in total. The topological polar surface area (TPSA) is 37.0 Å². The number of rotatable bonds is 1. The molecule has 0 saturated heterocycles. The molecular formula is C7H7ClIN3S. The lowest BCUT2D eigenvalue weighted by Crippen LogP contribution is -2.16. The molecule has 1 unspecified atom stereocenters. The van der Waals surface area contributed by atoms with Crippen molar-refractivity contribution in [2.45, 2.75) is 5.50 Å². The lowest BCUT2D eigenvalue weighted by Gasteiger charge is -2.06. The number of nitrogens with one attached hydrogen (secondary N) is 2. The van der Waals surface area contributed by atoms with E-state index < -0.39 is 0 Å². The Hall–Kier alpha value is 0.120. The van der Waals surface area contributed by atoms with Gasteiger partial charge in [-0.3, -0.25) is 0 Å². The maximum atomic E-state index is 5.94. The normalized spacial score (nSPS) is 19.2. The maximum absolute atomic E-state index is 5.94. The van der Waals surface area contributed by atoms with E-state index in [0.29, 0.717) is 5.02 Å². The number of pyridine rings is 1. The average Bonchev–Trinajstić information content (AvgIpc) is 2.48. The number of halogens is 2. The number of fused-ring (bicyclic) bond motifs is 1. The van der Waals surface area contributed by atoms with Crippen molar-refractivity contribution in [2.24, 2.45) is 0 Å². The molecule has 0 fully saturated rings. The Labute approximate surface area is 99.2 Å². The van der Waals surface area contributed by atoms with Gasteiger partial charge in [-0.2, -0.15) is 0 Å². The van der Waals surface area contributed by atoms with Gasteiger partial charge in [-0.15, -0.1) is 11.8 Å². The molecule has 1 aliphatic rings. The first kappa shape index (κ1) is 9.67. The molecule has 2 rings (SSSR count). The Bertz CT molecular complexity index is 316. The van der Waals surface area contributed by atoms with Crippen LogP contribution in [0, 0.1) is 3.70 Å². The summed E-state index contributed by atoms with van der Waals surface area (Å²) in [6.07, 6.45) is 2.03. The fourth-order valence-corrected chi connectivity index (χ4v) is 2.13. The molecule has 0 bridgehead atoms. The van der Waals surface area contributed by atoms with Crippen LogP contribution in [0.25, 0.3) is 0 Å². The first-order valence-corrected chi connectivity index (χ1v) is 6.37. The molecule has 0 aromatic carbocycles. The predicted octanol–water partition coefficient (Wildman–Crippen LogP) is 2.82. The van der Waals surface area contributed by atoms with Crippen LogP contribution in [-0.2, 0) is 0 Å². The van der Waals surface area contributed by atoms with E-state index in [0.717, 1.165) is 15.2 Å². The Balaban J connectivity index is 2.36. The van der Waals surface area contributed by atoms with Crippen LogP contribution in [-0.4, -0.2) is 16.7 Å². The summed E-state index contributed by atoms with van der Waals surface area (Å²) in [5.41, 5.74) is 1.18. The minimum Gasteiger partial charge on any atom is -0.354 e. The molecule has 0 spiro atoms. The lowest BCUT2D eigenvalue weighted by atomic mass is 10.4. The van der Waals surface area contributed by atoms with E-state index in [1.54, 1.807) is 11.8 Å². The van der Waals surface area contributed by atoms with Gasteiger partial charge in [0.25, 0.3) is 0 Å². The van der Waals surface area contributed by atoms with Gasteiger partial charge < -0.3 is 10.6 Å². The van der Waals surface area contributed by atoms with Gasteiger partial charge >= 0.3 is 0 Å². The number of nitrogens with zero attached hydrogens (tertiary/aromatic N) is 1. The maximum Gasteiger partial charge on any atom is 0.153 e. The third-order valence-corrected chi connectivity index (χ3v) is 3.86. The Kier molecular flexibility index (Phi) is 2.75. The zero-order valence-corrected chi connectivity index (χ0v) is 10.5. The van der Waals surface area contributed by atoms with Crippen molar-refractivity contribution in [3.63, 3.8) is 0 Å². The van der Waals surface area contributed by atoms with Gasteiger partial charge in [-0.25, -0.2) is 4.98 Å². The van der Waals surface area contributed by atoms with Crippen molar-refractivity contribution in [3.05, 3.63) is 14.8 Å². The quantitative estimate of drug-likeness (QED) is 0.614. The van der Waals surface area contributed by atoms with E-state index in [2.05, 4.69) is 38.2 Å². The van der Waals surface area contributed by atoms with Crippen molar-refractivity contribution >= 4 is 57.5 Å². The van der Waals surface area contributed by atoms with Gasteiger partial charge in [-0.1, -0.05) is 11.6 Å². The SMILES string of the molecule is CSC1Nc2cc(Cl)c(I)nc2N1. The summed E-state index contributed by atoms with van der Waals surface area (Å²) in [6.45, 7) is 0. The second-order valence-corrected chi connectivity index (χ2v) is 4.93. The largest absolute Gasteiger partial charge is 0.354 e. The number of anilines is 2. The summed E-state index contributed by atoms with van der Waals surface area (Å²) in [6, 6.07) is 1.90. The van der Waals surface area contributed by atoms with E-state index in [1.165, 1.54) is 0 Å². The standard InChI is InChI=1S/C7H7ClIN3S/c1-13-7-10-4-2-3(8)5(9)11-6(4)12-7/h2,7,10H,1H3,(H,11,12). The van der Waals surface area contributed by atoms with Gasteiger partial charge in [0, 0.05) is 0 Å². The van der Waals surface area contributed by atoms with E-state index in [-0.39, 0.29) is 5.50 Å². The molecule has 2 N–H and O–H groups in total. The molecule has 1 aliphatic heterocycles. The molecular weight excluding hydrogens is 321 g/mol. The van der Waals surface area contributed by atoms with Crippen molar-refractivity contribution in [3.8, 4) is 0 Å². The van der Waals surface area contributed by atoms with Crippen LogP contribution in [0.3, 0.4) is 0 Å². The molecule has 0 amide bonds. The predicted molar refractivity (Wildman–Crippen MR) is 66.5 cm³/mol. The minimum atomic E-state index is 0.205. The van der Waals surface area contributed by atoms with Gasteiger partial charge in [-0.05, 0) is 34.9 Å². The highest BCUT2D eigenvalue weighted by molar-refractivity contribution is 14.1. The molecule has 0 saturated carbocycles. The molecule has 6 heteroatoms. The third-order valence-electron chi connectivity index (χ3n) is 1.72. The molecule has 0 radical (unpaired) electrons. The minimum absolute atomic E-state index is 0.205. The Morgan fingerprint density at radius 3 is 3.08 bits per heavy atom. The summed E-state index contributed by atoms with van der Waals surface area (Å²) in [4.78, 5) is 4.32. The third kappa shape index (κ3) is 1.82. The number of aromatic nitrogens is 1. The number of hydrogen-bond donors (Lipinski definition) is 2. The van der Waals surface area contributed by atoms with Crippen LogP contribution < -0.4 is 10.6 Å². The highest BCUT2D eigenvalue weighted by Gasteiger charge is 2.20. The Morgan fingerprint density at radius 1 is 1.62 bits per heavy atom. The first-order chi connectivity index (χ1) is 6.20. The van der Waals surface area contributed by atoms with Gasteiger partial charge in [0.1, 0.15) is 9.20 Å². The molecule has 1 aromatic rings. The van der Waals surface area contributed by atoms with Gasteiger partial charge in [0.2, 0.25) is 0 Å². The zero-order valence-electron chi connectivity index (χ0n) is 6.77.